The van der Waals surface area contributed by atoms with E-state index in [4.69, 9.17) is 4.74 Å². The van der Waals surface area contributed by atoms with E-state index in [9.17, 15) is 0 Å². The van der Waals surface area contributed by atoms with E-state index in [2.05, 4.69) is 39.0 Å². The third-order valence-electron chi connectivity index (χ3n) is 6.21. The van der Waals surface area contributed by atoms with Gasteiger partial charge in [-0.2, -0.15) is 0 Å². The van der Waals surface area contributed by atoms with Crippen molar-refractivity contribution >= 4 is 0 Å². The maximum absolute atomic E-state index is 6.23. The van der Waals surface area contributed by atoms with E-state index in [1.807, 2.05) is 0 Å². The van der Waals surface area contributed by atoms with Gasteiger partial charge in [0.25, 0.3) is 0 Å². The molecular weight excluding hydrogens is 280 g/mol. The molecule has 0 radical (unpaired) electrons. The second-order valence-corrected chi connectivity index (χ2v) is 8.36. The van der Waals surface area contributed by atoms with E-state index < -0.39 is 0 Å². The monoisotopic (exact) mass is 314 g/mol. The van der Waals surface area contributed by atoms with Crippen molar-refractivity contribution in [2.75, 3.05) is 0 Å². The van der Waals surface area contributed by atoms with E-state index in [1.165, 1.54) is 68.1 Å². The summed E-state index contributed by atoms with van der Waals surface area (Å²) in [5.74, 6) is 2.99. The Kier molecular flexibility index (Phi) is 5.80. The molecule has 0 heterocycles. The standard InChI is InChI=1S/C22H34O/c1-16-4-6-20(7-5-16)21-8-10-22(11-9-21)23-15-19-13-17(2)12-18(3)14-19/h12-14,16,20-22H,4-11,15H2,1-3H3. The minimum Gasteiger partial charge on any atom is -0.374 e. The fourth-order valence-electron chi connectivity index (χ4n) is 4.85. The molecule has 2 saturated carbocycles. The highest BCUT2D eigenvalue weighted by molar-refractivity contribution is 5.28. The van der Waals surface area contributed by atoms with Crippen LogP contribution in [0.15, 0.2) is 18.2 Å². The maximum Gasteiger partial charge on any atom is 0.0720 e. The van der Waals surface area contributed by atoms with Crippen molar-refractivity contribution in [1.29, 1.82) is 0 Å². The summed E-state index contributed by atoms with van der Waals surface area (Å²) < 4.78 is 6.23. The number of hydrogen-bond acceptors (Lipinski definition) is 1. The van der Waals surface area contributed by atoms with Gasteiger partial charge in [-0.15, -0.1) is 0 Å². The van der Waals surface area contributed by atoms with Crippen LogP contribution in [0.2, 0.25) is 0 Å². The van der Waals surface area contributed by atoms with Gasteiger partial charge in [-0.1, -0.05) is 49.1 Å². The number of benzene rings is 1. The summed E-state index contributed by atoms with van der Waals surface area (Å²) in [5.41, 5.74) is 4.03. The van der Waals surface area contributed by atoms with E-state index in [0.29, 0.717) is 6.10 Å². The van der Waals surface area contributed by atoms with E-state index in [1.54, 1.807) is 0 Å². The number of rotatable bonds is 4. The molecule has 0 atom stereocenters. The first-order chi connectivity index (χ1) is 11.1. The van der Waals surface area contributed by atoms with Crippen LogP contribution in [-0.2, 0) is 11.3 Å². The highest BCUT2D eigenvalue weighted by Gasteiger charge is 2.30. The molecule has 0 N–H and O–H groups in total. The van der Waals surface area contributed by atoms with Crippen LogP contribution in [0.25, 0.3) is 0 Å². The van der Waals surface area contributed by atoms with Crippen LogP contribution in [0.1, 0.15) is 75.0 Å². The van der Waals surface area contributed by atoms with Crippen molar-refractivity contribution in [3.05, 3.63) is 34.9 Å². The van der Waals surface area contributed by atoms with Gasteiger partial charge in [-0.05, 0) is 75.7 Å². The molecule has 0 aromatic heterocycles. The zero-order chi connectivity index (χ0) is 16.2. The summed E-state index contributed by atoms with van der Waals surface area (Å²) in [6.07, 6.45) is 11.8. The van der Waals surface area contributed by atoms with Gasteiger partial charge in [0, 0.05) is 0 Å². The smallest absolute Gasteiger partial charge is 0.0720 e. The molecule has 0 bridgehead atoms. The average Bonchev–Trinajstić information content (AvgIpc) is 2.53. The molecule has 2 aliphatic carbocycles. The number of hydrogen-bond donors (Lipinski definition) is 0. The number of aryl methyl sites for hydroxylation is 2. The van der Waals surface area contributed by atoms with Crippen LogP contribution in [0.5, 0.6) is 0 Å². The predicted octanol–water partition coefficient (Wildman–Crippen LogP) is 6.21. The zero-order valence-electron chi connectivity index (χ0n) is 15.3. The van der Waals surface area contributed by atoms with Gasteiger partial charge in [0.1, 0.15) is 0 Å². The minimum atomic E-state index is 0.495. The molecule has 0 saturated heterocycles. The second kappa shape index (κ2) is 7.83. The fraction of sp³-hybridized carbons (Fsp3) is 0.727. The molecule has 0 unspecified atom stereocenters. The first kappa shape index (κ1) is 17.0. The largest absolute Gasteiger partial charge is 0.374 e. The lowest BCUT2D eigenvalue weighted by molar-refractivity contribution is -0.00257. The first-order valence-electron chi connectivity index (χ1n) is 9.79. The summed E-state index contributed by atoms with van der Waals surface area (Å²) >= 11 is 0. The summed E-state index contributed by atoms with van der Waals surface area (Å²) in [7, 11) is 0. The minimum absolute atomic E-state index is 0.495. The highest BCUT2D eigenvalue weighted by atomic mass is 16.5. The van der Waals surface area contributed by atoms with Crippen molar-refractivity contribution in [2.45, 2.75) is 84.8 Å². The van der Waals surface area contributed by atoms with Crippen molar-refractivity contribution in [3.8, 4) is 0 Å². The predicted molar refractivity (Wildman–Crippen MR) is 97.6 cm³/mol. The molecule has 1 nitrogen and oxygen atoms in total. The topological polar surface area (TPSA) is 9.23 Å². The Hall–Kier alpha value is -0.820. The van der Waals surface area contributed by atoms with Crippen molar-refractivity contribution in [2.24, 2.45) is 17.8 Å². The molecule has 2 fully saturated rings. The molecule has 0 amide bonds. The van der Waals surface area contributed by atoms with Crippen LogP contribution in [0.3, 0.4) is 0 Å². The first-order valence-corrected chi connectivity index (χ1v) is 9.79. The Labute approximate surface area is 142 Å². The normalized spacial score (nSPS) is 32.0. The SMILES string of the molecule is Cc1cc(C)cc(COC2CCC(C3CCC(C)CC3)CC2)c1. The Morgan fingerprint density at radius 1 is 0.783 bits per heavy atom. The van der Waals surface area contributed by atoms with Crippen LogP contribution in [-0.4, -0.2) is 6.10 Å². The molecule has 1 aromatic rings. The van der Waals surface area contributed by atoms with Crippen molar-refractivity contribution < 1.29 is 4.74 Å². The molecular formula is C22H34O. The van der Waals surface area contributed by atoms with Gasteiger partial charge in [0.05, 0.1) is 12.7 Å². The van der Waals surface area contributed by atoms with Crippen LogP contribution < -0.4 is 0 Å². The van der Waals surface area contributed by atoms with Crippen molar-refractivity contribution in [3.63, 3.8) is 0 Å². The van der Waals surface area contributed by atoms with Gasteiger partial charge in [0.2, 0.25) is 0 Å². The number of ether oxygens (including phenoxy) is 1. The van der Waals surface area contributed by atoms with E-state index in [0.717, 1.165) is 24.4 Å². The Balaban J connectivity index is 1.42. The van der Waals surface area contributed by atoms with Gasteiger partial charge in [-0.25, -0.2) is 0 Å². The van der Waals surface area contributed by atoms with Crippen LogP contribution in [0.4, 0.5) is 0 Å². The molecule has 0 aliphatic heterocycles. The third-order valence-corrected chi connectivity index (χ3v) is 6.21. The summed E-state index contributed by atoms with van der Waals surface area (Å²) in [6.45, 7) is 7.56. The molecule has 2 aliphatic rings. The Bertz CT molecular complexity index is 470. The lowest BCUT2D eigenvalue weighted by atomic mass is 9.71. The molecule has 3 rings (SSSR count). The van der Waals surface area contributed by atoms with Gasteiger partial charge in [-0.3, -0.25) is 0 Å². The van der Waals surface area contributed by atoms with E-state index >= 15 is 0 Å². The van der Waals surface area contributed by atoms with Gasteiger partial charge >= 0.3 is 0 Å². The Morgan fingerprint density at radius 3 is 1.87 bits per heavy atom. The molecule has 1 heteroatoms. The van der Waals surface area contributed by atoms with Gasteiger partial charge in [0.15, 0.2) is 0 Å². The highest BCUT2D eigenvalue weighted by Crippen LogP contribution is 2.40. The quantitative estimate of drug-likeness (QED) is 0.642. The fourth-order valence-corrected chi connectivity index (χ4v) is 4.85. The van der Waals surface area contributed by atoms with E-state index in [-0.39, 0.29) is 0 Å². The summed E-state index contributed by atoms with van der Waals surface area (Å²) in [4.78, 5) is 0. The lowest BCUT2D eigenvalue weighted by Crippen LogP contribution is -2.28. The van der Waals surface area contributed by atoms with Crippen LogP contribution in [0, 0.1) is 31.6 Å². The third kappa shape index (κ3) is 4.83. The average molecular weight is 315 g/mol. The maximum atomic E-state index is 6.23. The lowest BCUT2D eigenvalue weighted by Gasteiger charge is -2.37. The summed E-state index contributed by atoms with van der Waals surface area (Å²) in [5, 5.41) is 0. The second-order valence-electron chi connectivity index (χ2n) is 8.36. The molecule has 1 aromatic carbocycles. The van der Waals surface area contributed by atoms with Crippen molar-refractivity contribution in [1.82, 2.24) is 0 Å². The zero-order valence-corrected chi connectivity index (χ0v) is 15.3. The Morgan fingerprint density at radius 2 is 1.30 bits per heavy atom. The summed E-state index contributed by atoms with van der Waals surface area (Å²) in [6, 6.07) is 6.77. The van der Waals surface area contributed by atoms with Gasteiger partial charge < -0.3 is 4.74 Å². The molecule has 0 spiro atoms. The molecule has 128 valence electrons. The van der Waals surface area contributed by atoms with Crippen LogP contribution >= 0.6 is 0 Å². The molecule has 23 heavy (non-hydrogen) atoms.